The Bertz CT molecular complexity index is 743. The van der Waals surface area contributed by atoms with Gasteiger partial charge in [0.05, 0.1) is 5.69 Å². The first-order chi connectivity index (χ1) is 11.7. The number of halogens is 3. The maximum atomic E-state index is 13.8. The molecule has 1 N–H and O–H groups in total. The third kappa shape index (κ3) is 4.38. The third-order valence-electron chi connectivity index (χ3n) is 3.83. The monoisotopic (exact) mass is 430 g/mol. The number of carbonyl (C=O) groups is 2. The largest absolute Gasteiger partial charge is 0.344 e. The van der Waals surface area contributed by atoms with Crippen LogP contribution >= 0.6 is 27.5 Å². The Balaban J connectivity index is 2.26. The molecule has 1 aliphatic rings. The van der Waals surface area contributed by atoms with Crippen molar-refractivity contribution in [3.63, 3.8) is 0 Å². The molecule has 134 valence electrons. The Labute approximate surface area is 158 Å². The third-order valence-corrected chi connectivity index (χ3v) is 4.82. The normalized spacial score (nSPS) is 20.6. The second-order valence-electron chi connectivity index (χ2n) is 5.59. The topological polar surface area (TPSA) is 65.0 Å². The minimum Gasteiger partial charge on any atom is -0.344 e. The zero-order valence-corrected chi connectivity index (χ0v) is 16.0. The summed E-state index contributed by atoms with van der Waals surface area (Å²) in [5, 5.41) is 8.16. The molecule has 0 unspecified atom stereocenters. The van der Waals surface area contributed by atoms with Crippen molar-refractivity contribution in [2.24, 2.45) is 16.9 Å². The second-order valence-corrected chi connectivity index (χ2v) is 6.84. The van der Waals surface area contributed by atoms with E-state index in [1.165, 1.54) is 28.1 Å². The summed E-state index contributed by atoms with van der Waals surface area (Å²) in [6.45, 7) is 3.84. The van der Waals surface area contributed by atoms with Gasteiger partial charge in [-0.1, -0.05) is 30.3 Å². The van der Waals surface area contributed by atoms with Crippen molar-refractivity contribution in [2.75, 3.05) is 26.0 Å². The number of hydrogen-bond acceptors (Lipinski definition) is 4. The smallest absolute Gasteiger partial charge is 0.237 e. The van der Waals surface area contributed by atoms with Gasteiger partial charge in [-0.15, -0.1) is 0 Å². The van der Waals surface area contributed by atoms with E-state index >= 15 is 0 Å². The number of amides is 2. The lowest BCUT2D eigenvalue weighted by Crippen LogP contribution is -2.35. The molecule has 2 atom stereocenters. The summed E-state index contributed by atoms with van der Waals surface area (Å²) in [7, 11) is 3.18. The van der Waals surface area contributed by atoms with Crippen molar-refractivity contribution in [3.05, 3.63) is 41.8 Å². The zero-order chi connectivity index (χ0) is 18.7. The highest BCUT2D eigenvalue weighted by Gasteiger charge is 2.45. The lowest BCUT2D eigenvalue weighted by molar-refractivity contribution is -0.135. The van der Waals surface area contributed by atoms with Gasteiger partial charge in [-0.3, -0.25) is 14.6 Å². The summed E-state index contributed by atoms with van der Waals surface area (Å²) < 4.78 is 14.1. The molecule has 1 aromatic rings. The fraction of sp³-hybridized carbons (Fsp3) is 0.312. The van der Waals surface area contributed by atoms with Crippen LogP contribution in [0.2, 0.25) is 0 Å². The summed E-state index contributed by atoms with van der Waals surface area (Å²) in [4.78, 5) is 26.4. The van der Waals surface area contributed by atoms with E-state index in [1.54, 1.807) is 20.2 Å². The summed E-state index contributed by atoms with van der Waals surface area (Å²) in [6, 6.07) is 5.77. The van der Waals surface area contributed by atoms with Crippen molar-refractivity contribution in [1.82, 2.24) is 9.91 Å². The van der Waals surface area contributed by atoms with Crippen molar-refractivity contribution in [2.45, 2.75) is 0 Å². The molecule has 2 rings (SSSR count). The molecule has 0 radical (unpaired) electrons. The van der Waals surface area contributed by atoms with Crippen LogP contribution in [0.3, 0.4) is 0 Å². The molecule has 1 heterocycles. The summed E-state index contributed by atoms with van der Waals surface area (Å²) in [5.41, 5.74) is 0.0212. The maximum Gasteiger partial charge on any atom is 0.237 e. The predicted octanol–water partition coefficient (Wildman–Crippen LogP) is 2.82. The first-order valence-corrected chi connectivity index (χ1v) is 8.52. The van der Waals surface area contributed by atoms with Gasteiger partial charge in [-0.05, 0) is 28.1 Å². The fourth-order valence-electron chi connectivity index (χ4n) is 2.45. The van der Waals surface area contributed by atoms with E-state index in [0.717, 1.165) is 0 Å². The van der Waals surface area contributed by atoms with E-state index in [-0.39, 0.29) is 16.8 Å². The van der Waals surface area contributed by atoms with Gasteiger partial charge in [0.25, 0.3) is 0 Å². The highest BCUT2D eigenvalue weighted by molar-refractivity contribution is 9.18. The van der Waals surface area contributed by atoms with Gasteiger partial charge < -0.3 is 10.2 Å². The zero-order valence-electron chi connectivity index (χ0n) is 13.7. The lowest BCUT2D eigenvalue weighted by Gasteiger charge is -2.18. The first-order valence-electron chi connectivity index (χ1n) is 7.35. The lowest BCUT2D eigenvalue weighted by atomic mass is 9.95. The standard InChI is InChI=1S/C16H17BrClFN4O2/c1-9(18)23(3)21-14(17)10-8-22(2)16(25)13(10)15(24)20-12-7-5-4-6-11(12)19/h4-7,10,13H,1,8H2,2-3H3,(H,20,24)/b21-14-/t10-,13-/m0/s1. The van der Waals surface area contributed by atoms with E-state index in [9.17, 15) is 14.0 Å². The van der Waals surface area contributed by atoms with Crippen molar-refractivity contribution in [1.29, 1.82) is 0 Å². The Morgan fingerprint density at radius 1 is 1.52 bits per heavy atom. The highest BCUT2D eigenvalue weighted by atomic mass is 79.9. The van der Waals surface area contributed by atoms with Crippen LogP contribution in [0.25, 0.3) is 0 Å². The van der Waals surface area contributed by atoms with Crippen molar-refractivity contribution >= 4 is 49.7 Å². The van der Waals surface area contributed by atoms with Gasteiger partial charge in [-0.2, -0.15) is 5.10 Å². The number of benzene rings is 1. The van der Waals surface area contributed by atoms with Crippen LogP contribution in [0.5, 0.6) is 0 Å². The van der Waals surface area contributed by atoms with Gasteiger partial charge in [-0.25, -0.2) is 4.39 Å². The molecule has 6 nitrogen and oxygen atoms in total. The minimum atomic E-state index is -1.03. The first kappa shape index (κ1) is 19.4. The van der Waals surface area contributed by atoms with E-state index in [2.05, 4.69) is 32.9 Å². The summed E-state index contributed by atoms with van der Waals surface area (Å²) >= 11 is 9.08. The molecular formula is C16H17BrClFN4O2. The van der Waals surface area contributed by atoms with Crippen LogP contribution in [-0.4, -0.2) is 47.0 Å². The Hall–Kier alpha value is -1.93. The number of nitrogens with zero attached hydrogens (tertiary/aromatic N) is 3. The average molecular weight is 432 g/mol. The highest BCUT2D eigenvalue weighted by Crippen LogP contribution is 2.29. The van der Waals surface area contributed by atoms with Gasteiger partial charge >= 0.3 is 0 Å². The number of likely N-dealkylation sites (tertiary alicyclic amines) is 1. The Morgan fingerprint density at radius 2 is 2.16 bits per heavy atom. The van der Waals surface area contributed by atoms with Crippen LogP contribution in [0.4, 0.5) is 10.1 Å². The molecule has 0 aromatic heterocycles. The molecule has 0 saturated carbocycles. The van der Waals surface area contributed by atoms with Crippen LogP contribution in [-0.2, 0) is 9.59 Å². The van der Waals surface area contributed by atoms with E-state index in [0.29, 0.717) is 11.2 Å². The van der Waals surface area contributed by atoms with E-state index < -0.39 is 23.6 Å². The van der Waals surface area contributed by atoms with E-state index in [4.69, 9.17) is 11.6 Å². The molecule has 25 heavy (non-hydrogen) atoms. The molecule has 1 aliphatic heterocycles. The maximum absolute atomic E-state index is 13.8. The minimum absolute atomic E-state index is 0.0212. The summed E-state index contributed by atoms with van der Waals surface area (Å²) in [6.07, 6.45) is 0. The fourth-order valence-corrected chi connectivity index (χ4v) is 3.14. The number of hydrazone groups is 1. The van der Waals surface area contributed by atoms with Crippen molar-refractivity contribution in [3.8, 4) is 0 Å². The predicted molar refractivity (Wildman–Crippen MR) is 98.8 cm³/mol. The molecule has 9 heteroatoms. The summed E-state index contributed by atoms with van der Waals surface area (Å²) in [5.74, 6) is -3.08. The molecule has 0 spiro atoms. The van der Waals surface area contributed by atoms with Gasteiger partial charge in [0, 0.05) is 26.6 Å². The van der Waals surface area contributed by atoms with Gasteiger partial charge in [0.1, 0.15) is 21.5 Å². The SMILES string of the molecule is C=C(Cl)N(C)/N=C(\Br)[C@H]1CN(C)C(=O)[C@@H]1C(=O)Nc1ccccc1F. The number of rotatable bonds is 5. The van der Waals surface area contributed by atoms with Gasteiger partial charge in [0.15, 0.2) is 0 Å². The molecule has 1 aromatic carbocycles. The number of carbonyl (C=O) groups excluding carboxylic acids is 2. The van der Waals surface area contributed by atoms with Crippen LogP contribution in [0, 0.1) is 17.7 Å². The molecule has 1 fully saturated rings. The molecule has 0 bridgehead atoms. The molecule has 2 amide bonds. The van der Waals surface area contributed by atoms with Crippen LogP contribution in [0.15, 0.2) is 41.1 Å². The van der Waals surface area contributed by atoms with Crippen LogP contribution < -0.4 is 5.32 Å². The molecule has 1 saturated heterocycles. The van der Waals surface area contributed by atoms with Gasteiger partial charge in [0.2, 0.25) is 11.8 Å². The quantitative estimate of drug-likeness (QED) is 0.337. The second kappa shape index (κ2) is 7.97. The van der Waals surface area contributed by atoms with Crippen molar-refractivity contribution < 1.29 is 14.0 Å². The number of hydrogen-bond donors (Lipinski definition) is 1. The molecular weight excluding hydrogens is 415 g/mol. The van der Waals surface area contributed by atoms with E-state index in [1.807, 2.05) is 0 Å². The molecule has 0 aliphatic carbocycles. The van der Waals surface area contributed by atoms with Crippen LogP contribution in [0.1, 0.15) is 0 Å². The number of anilines is 1. The number of nitrogens with one attached hydrogen (secondary N) is 1. The number of para-hydroxylation sites is 1. The average Bonchev–Trinajstić information content (AvgIpc) is 2.85. The Morgan fingerprint density at radius 3 is 2.76 bits per heavy atom. The Kier molecular flexibility index (Phi) is 6.18.